The van der Waals surface area contributed by atoms with Gasteiger partial charge in [-0.2, -0.15) is 0 Å². The number of rotatable bonds is 4. The van der Waals surface area contributed by atoms with Gasteiger partial charge in [0.25, 0.3) is 0 Å². The molecule has 0 fully saturated rings. The lowest BCUT2D eigenvalue weighted by Crippen LogP contribution is -2.38. The third-order valence-electron chi connectivity index (χ3n) is 0.952. The highest BCUT2D eigenvalue weighted by molar-refractivity contribution is 6.25. The minimum absolute atomic E-state index is 1.11. The lowest BCUT2D eigenvalue weighted by atomic mass is 11.0. The van der Waals surface area contributed by atoms with Crippen molar-refractivity contribution in [3.8, 4) is 0 Å². The van der Waals surface area contributed by atoms with E-state index in [1.165, 1.54) is 37.9 Å². The maximum Gasteiger partial charge on any atom is 0.0815 e. The standard InChI is InChI=1S/C2H17N3Si4/c6-3-1-4(7)2-5(8)9/h3H,1-2H2,6-9H3. The van der Waals surface area contributed by atoms with Crippen molar-refractivity contribution in [2.24, 2.45) is 0 Å². The Kier molecular flexibility index (Phi) is 5.99. The largest absolute Gasteiger partial charge is 0.349 e. The molecule has 0 saturated heterocycles. The van der Waals surface area contributed by atoms with Crippen molar-refractivity contribution >= 4 is 41.6 Å². The van der Waals surface area contributed by atoms with Gasteiger partial charge in [-0.05, 0) is 0 Å². The molecule has 0 radical (unpaired) electrons. The van der Waals surface area contributed by atoms with Crippen molar-refractivity contribution in [3.63, 3.8) is 0 Å². The first-order chi connectivity index (χ1) is 4.16. The van der Waals surface area contributed by atoms with E-state index < -0.39 is 0 Å². The van der Waals surface area contributed by atoms with E-state index in [9.17, 15) is 0 Å². The van der Waals surface area contributed by atoms with Crippen LogP contribution < -0.4 is 4.98 Å². The van der Waals surface area contributed by atoms with Crippen molar-refractivity contribution in [1.82, 2.24) is 13.8 Å². The van der Waals surface area contributed by atoms with Crippen LogP contribution in [0.4, 0.5) is 0 Å². The van der Waals surface area contributed by atoms with Crippen LogP contribution in [-0.4, -0.2) is 63.8 Å². The molecular weight excluding hydrogens is 178 g/mol. The summed E-state index contributed by atoms with van der Waals surface area (Å²) in [5, 5.41) is 0. The Bertz CT molecular complexity index is 68.8. The molecule has 0 bridgehead atoms. The summed E-state index contributed by atoms with van der Waals surface area (Å²) in [7, 11) is 4.78. The second-order valence-corrected chi connectivity index (χ2v) is 9.40. The number of hydrogen-bond donors (Lipinski definition) is 1. The van der Waals surface area contributed by atoms with Crippen LogP contribution in [0, 0.1) is 0 Å². The zero-order valence-electron chi connectivity index (χ0n) is 6.81. The van der Waals surface area contributed by atoms with Crippen LogP contribution in [0.2, 0.25) is 0 Å². The molecule has 0 rings (SSSR count). The van der Waals surface area contributed by atoms with E-state index >= 15 is 0 Å². The molecule has 3 nitrogen and oxygen atoms in total. The Balaban J connectivity index is 3.15. The molecule has 0 aliphatic carbocycles. The third-order valence-corrected chi connectivity index (χ3v) is 2.43. The normalized spacial score (nSPS) is 12.7. The van der Waals surface area contributed by atoms with Gasteiger partial charge in [-0.15, -0.1) is 0 Å². The fourth-order valence-electron chi connectivity index (χ4n) is 0.803. The summed E-state index contributed by atoms with van der Waals surface area (Å²) < 4.78 is 4.90. The lowest BCUT2D eigenvalue weighted by molar-refractivity contribution is 0.386. The van der Waals surface area contributed by atoms with E-state index in [1.807, 2.05) is 0 Å². The molecular formula is C2H17N3Si4. The van der Waals surface area contributed by atoms with E-state index in [0.717, 1.165) is 17.1 Å². The van der Waals surface area contributed by atoms with Gasteiger partial charge in [0, 0.05) is 13.3 Å². The minimum atomic E-state index is 1.11. The third kappa shape index (κ3) is 6.64. The average Bonchev–Trinajstić information content (AvgIpc) is 1.63. The molecule has 0 aromatic heterocycles. The van der Waals surface area contributed by atoms with Crippen molar-refractivity contribution < 1.29 is 0 Å². The predicted molar refractivity (Wildman–Crippen MR) is 56.3 cm³/mol. The maximum absolute atomic E-state index is 3.28. The van der Waals surface area contributed by atoms with Crippen LogP contribution in [0.3, 0.4) is 0 Å². The second kappa shape index (κ2) is 5.53. The molecule has 56 valence electrons. The monoisotopic (exact) mass is 195 g/mol. The van der Waals surface area contributed by atoms with Crippen LogP contribution in [0.1, 0.15) is 0 Å². The van der Waals surface area contributed by atoms with Gasteiger partial charge in [0.15, 0.2) is 0 Å². The van der Waals surface area contributed by atoms with E-state index in [1.54, 1.807) is 0 Å². The first-order valence-corrected chi connectivity index (χ1v) is 6.83. The van der Waals surface area contributed by atoms with Crippen molar-refractivity contribution in [2.75, 3.05) is 13.3 Å². The SMILES string of the molecule is [SiH3]NCN([SiH3])CN([SiH3])[SiH3]. The highest BCUT2D eigenvalue weighted by Gasteiger charge is 1.93. The predicted octanol–water partition coefficient (Wildman–Crippen LogP) is -5.78. The Morgan fingerprint density at radius 1 is 1.22 bits per heavy atom. The van der Waals surface area contributed by atoms with Gasteiger partial charge in [-0.3, -0.25) is 0 Å². The van der Waals surface area contributed by atoms with Crippen molar-refractivity contribution in [1.29, 1.82) is 0 Å². The summed E-state index contributed by atoms with van der Waals surface area (Å²) in [6, 6.07) is 0. The molecule has 0 spiro atoms. The summed E-state index contributed by atoms with van der Waals surface area (Å²) in [6.45, 7) is 2.32. The summed E-state index contributed by atoms with van der Waals surface area (Å²) in [5.41, 5.74) is 0. The maximum atomic E-state index is 3.28. The highest BCUT2D eigenvalue weighted by Crippen LogP contribution is 1.76. The Morgan fingerprint density at radius 3 is 2.11 bits per heavy atom. The molecule has 0 atom stereocenters. The zero-order valence-corrected chi connectivity index (χ0v) is 14.8. The van der Waals surface area contributed by atoms with E-state index in [2.05, 4.69) is 13.8 Å². The number of hydrogen-bond acceptors (Lipinski definition) is 3. The second-order valence-electron chi connectivity index (χ2n) is 2.59. The minimum Gasteiger partial charge on any atom is -0.349 e. The molecule has 0 unspecified atom stereocenters. The summed E-state index contributed by atoms with van der Waals surface area (Å²) in [5.74, 6) is 0. The van der Waals surface area contributed by atoms with Crippen molar-refractivity contribution in [2.45, 2.75) is 0 Å². The van der Waals surface area contributed by atoms with Gasteiger partial charge < -0.3 is 13.8 Å². The van der Waals surface area contributed by atoms with E-state index in [-0.39, 0.29) is 0 Å². The molecule has 0 amide bonds. The summed E-state index contributed by atoms with van der Waals surface area (Å²) >= 11 is 0. The van der Waals surface area contributed by atoms with Crippen LogP contribution in [0.15, 0.2) is 0 Å². The molecule has 0 aromatic rings. The molecule has 0 aromatic carbocycles. The average molecular weight is 196 g/mol. The fourth-order valence-corrected chi connectivity index (χ4v) is 4.95. The van der Waals surface area contributed by atoms with Gasteiger partial charge in [0.1, 0.15) is 0 Å². The van der Waals surface area contributed by atoms with Gasteiger partial charge in [0.2, 0.25) is 0 Å². The van der Waals surface area contributed by atoms with Crippen LogP contribution in [-0.2, 0) is 0 Å². The van der Waals surface area contributed by atoms with Crippen LogP contribution >= 0.6 is 0 Å². The topological polar surface area (TPSA) is 18.5 Å². The van der Waals surface area contributed by atoms with Crippen molar-refractivity contribution in [3.05, 3.63) is 0 Å². The smallest absolute Gasteiger partial charge is 0.0815 e. The molecule has 0 aliphatic heterocycles. The summed E-state index contributed by atoms with van der Waals surface area (Å²) in [6.07, 6.45) is 0. The quantitative estimate of drug-likeness (QED) is 0.356. The van der Waals surface area contributed by atoms with E-state index in [4.69, 9.17) is 0 Å². The number of nitrogens with zero attached hydrogens (tertiary/aromatic N) is 2. The van der Waals surface area contributed by atoms with Gasteiger partial charge in [0.05, 0.1) is 41.6 Å². The molecule has 9 heavy (non-hydrogen) atoms. The molecule has 0 aliphatic rings. The first-order valence-electron chi connectivity index (χ1n) is 3.14. The van der Waals surface area contributed by atoms with Crippen LogP contribution in [0.25, 0.3) is 0 Å². The van der Waals surface area contributed by atoms with Gasteiger partial charge in [-0.1, -0.05) is 0 Å². The Labute approximate surface area is 69.2 Å². The molecule has 1 N–H and O–H groups in total. The molecule has 7 heteroatoms. The van der Waals surface area contributed by atoms with Crippen LogP contribution in [0.5, 0.6) is 0 Å². The molecule has 0 heterocycles. The van der Waals surface area contributed by atoms with Gasteiger partial charge in [-0.25, -0.2) is 0 Å². The lowest BCUT2D eigenvalue weighted by Gasteiger charge is -2.21. The fraction of sp³-hybridized carbons (Fsp3) is 1.00. The number of nitrogens with one attached hydrogen (secondary N) is 1. The van der Waals surface area contributed by atoms with E-state index in [0.29, 0.717) is 0 Å². The van der Waals surface area contributed by atoms with Gasteiger partial charge >= 0.3 is 0 Å². The first kappa shape index (κ1) is 9.75. The highest BCUT2D eigenvalue weighted by atomic mass is 28.2. The Hall–Kier alpha value is 0.748. The summed E-state index contributed by atoms with van der Waals surface area (Å²) in [4.78, 5) is 3.28. The Morgan fingerprint density at radius 2 is 1.78 bits per heavy atom. The molecule has 0 saturated carbocycles. The zero-order chi connectivity index (χ0) is 7.28.